The Morgan fingerprint density at radius 1 is 1.06 bits per heavy atom. The van der Waals surface area contributed by atoms with Gasteiger partial charge in [0.1, 0.15) is 17.3 Å². The summed E-state index contributed by atoms with van der Waals surface area (Å²) in [6, 6.07) is 11.4. The molecule has 0 aromatic heterocycles. The molecule has 2 fully saturated rings. The number of thiocarbonyl (C=S) groups is 1. The monoisotopic (exact) mass is 502 g/mol. The number of nitrogens with zero attached hydrogens (tertiary/aromatic N) is 3. The number of hydrogen-bond donors (Lipinski definition) is 1. The quantitative estimate of drug-likeness (QED) is 0.605. The van der Waals surface area contributed by atoms with Crippen LogP contribution in [-0.4, -0.2) is 98.5 Å². The summed E-state index contributed by atoms with van der Waals surface area (Å²) >= 11 is 5.56. The van der Waals surface area contributed by atoms with E-state index in [-0.39, 0.29) is 17.8 Å². The summed E-state index contributed by atoms with van der Waals surface area (Å²) in [4.78, 5) is 19.3. The maximum atomic E-state index is 13.1. The number of benzene rings is 2. The number of halogens is 1. The molecular formula is C25H31FN4O4S. The van der Waals surface area contributed by atoms with Gasteiger partial charge in [0.25, 0.3) is 5.91 Å². The SMILES string of the molecule is COc1ccc(C(=O)N2CCN(C[C@@H]3CN(C(=S)Nc4ccc(F)cc4)CCO3)CC2)c(OC)c1. The molecule has 0 unspecified atom stereocenters. The summed E-state index contributed by atoms with van der Waals surface area (Å²) in [6.07, 6.45) is 0.0145. The number of nitrogens with one attached hydrogen (secondary N) is 1. The van der Waals surface area contributed by atoms with Gasteiger partial charge in [-0.3, -0.25) is 9.69 Å². The van der Waals surface area contributed by atoms with E-state index >= 15 is 0 Å². The van der Waals surface area contributed by atoms with Crippen LogP contribution in [0, 0.1) is 5.82 Å². The molecule has 0 radical (unpaired) electrons. The highest BCUT2D eigenvalue weighted by atomic mass is 32.1. The average molecular weight is 503 g/mol. The second kappa shape index (κ2) is 11.7. The lowest BCUT2D eigenvalue weighted by Gasteiger charge is -2.40. The van der Waals surface area contributed by atoms with Crippen molar-refractivity contribution < 1.29 is 23.4 Å². The molecule has 0 spiro atoms. The van der Waals surface area contributed by atoms with Crippen molar-refractivity contribution in [3.8, 4) is 11.5 Å². The third-order valence-electron chi connectivity index (χ3n) is 6.28. The van der Waals surface area contributed by atoms with Gasteiger partial charge in [0.15, 0.2) is 5.11 Å². The Bertz CT molecular complexity index is 1030. The largest absolute Gasteiger partial charge is 0.497 e. The number of piperazine rings is 1. The average Bonchev–Trinajstić information content (AvgIpc) is 2.89. The zero-order valence-corrected chi connectivity index (χ0v) is 20.9. The number of carbonyl (C=O) groups is 1. The maximum absolute atomic E-state index is 13.1. The van der Waals surface area contributed by atoms with Crippen LogP contribution in [0.1, 0.15) is 10.4 Å². The van der Waals surface area contributed by atoms with Gasteiger partial charge in [-0.25, -0.2) is 4.39 Å². The van der Waals surface area contributed by atoms with Crippen LogP contribution in [0.2, 0.25) is 0 Å². The normalized spacial score (nSPS) is 18.8. The van der Waals surface area contributed by atoms with Gasteiger partial charge in [0.05, 0.1) is 32.5 Å². The summed E-state index contributed by atoms with van der Waals surface area (Å²) in [7, 11) is 3.14. The second-order valence-electron chi connectivity index (χ2n) is 8.53. The number of hydrogen-bond acceptors (Lipinski definition) is 6. The van der Waals surface area contributed by atoms with Crippen LogP contribution in [-0.2, 0) is 4.74 Å². The van der Waals surface area contributed by atoms with E-state index in [9.17, 15) is 9.18 Å². The van der Waals surface area contributed by atoms with Gasteiger partial charge in [0.2, 0.25) is 0 Å². The molecule has 2 aromatic rings. The molecule has 1 atom stereocenters. The first-order valence-electron chi connectivity index (χ1n) is 11.6. The number of anilines is 1. The first-order chi connectivity index (χ1) is 17.0. The van der Waals surface area contributed by atoms with Gasteiger partial charge in [-0.2, -0.15) is 0 Å². The van der Waals surface area contributed by atoms with E-state index in [2.05, 4.69) is 15.1 Å². The van der Waals surface area contributed by atoms with Crippen LogP contribution in [0.4, 0.5) is 10.1 Å². The molecule has 0 aliphatic carbocycles. The van der Waals surface area contributed by atoms with E-state index in [4.69, 9.17) is 26.4 Å². The minimum atomic E-state index is -0.280. The van der Waals surface area contributed by atoms with Crippen molar-refractivity contribution in [3.63, 3.8) is 0 Å². The van der Waals surface area contributed by atoms with Gasteiger partial charge >= 0.3 is 0 Å². The van der Waals surface area contributed by atoms with Crippen LogP contribution in [0.15, 0.2) is 42.5 Å². The predicted molar refractivity (Wildman–Crippen MR) is 136 cm³/mol. The van der Waals surface area contributed by atoms with Crippen LogP contribution < -0.4 is 14.8 Å². The van der Waals surface area contributed by atoms with Gasteiger partial charge in [-0.1, -0.05) is 0 Å². The second-order valence-corrected chi connectivity index (χ2v) is 8.92. The first-order valence-corrected chi connectivity index (χ1v) is 12.0. The molecule has 0 saturated carbocycles. The molecule has 188 valence electrons. The van der Waals surface area contributed by atoms with E-state index in [1.807, 2.05) is 4.90 Å². The molecule has 35 heavy (non-hydrogen) atoms. The molecule has 1 N–H and O–H groups in total. The number of methoxy groups -OCH3 is 2. The van der Waals surface area contributed by atoms with Crippen molar-refractivity contribution in [1.29, 1.82) is 0 Å². The Kier molecular flexibility index (Phi) is 8.37. The van der Waals surface area contributed by atoms with E-state index in [0.717, 1.165) is 25.3 Å². The van der Waals surface area contributed by atoms with Crippen molar-refractivity contribution in [2.75, 3.05) is 72.0 Å². The van der Waals surface area contributed by atoms with E-state index in [1.165, 1.54) is 12.1 Å². The highest BCUT2D eigenvalue weighted by molar-refractivity contribution is 7.80. The Balaban J connectivity index is 1.26. The van der Waals surface area contributed by atoms with E-state index in [1.54, 1.807) is 44.6 Å². The fraction of sp³-hybridized carbons (Fsp3) is 0.440. The summed E-state index contributed by atoms with van der Waals surface area (Å²) in [5.74, 6) is 0.842. The summed E-state index contributed by atoms with van der Waals surface area (Å²) in [5, 5.41) is 3.78. The molecule has 8 nitrogen and oxygen atoms in total. The van der Waals surface area contributed by atoms with E-state index < -0.39 is 0 Å². The topological polar surface area (TPSA) is 66.5 Å². The van der Waals surface area contributed by atoms with Crippen molar-refractivity contribution in [2.24, 2.45) is 0 Å². The van der Waals surface area contributed by atoms with Crippen LogP contribution in [0.25, 0.3) is 0 Å². The van der Waals surface area contributed by atoms with Crippen LogP contribution in [0.3, 0.4) is 0 Å². The lowest BCUT2D eigenvalue weighted by atomic mass is 10.1. The van der Waals surface area contributed by atoms with Crippen molar-refractivity contribution in [2.45, 2.75) is 6.10 Å². The number of carbonyl (C=O) groups excluding carboxylic acids is 1. The molecule has 1 amide bonds. The molecule has 10 heteroatoms. The van der Waals surface area contributed by atoms with Crippen molar-refractivity contribution >= 4 is 28.9 Å². The lowest BCUT2D eigenvalue weighted by Crippen LogP contribution is -2.54. The molecule has 2 heterocycles. The third kappa shape index (κ3) is 6.39. The molecule has 4 rings (SSSR count). The Morgan fingerprint density at radius 3 is 2.49 bits per heavy atom. The molecule has 2 aliphatic rings. The van der Waals surface area contributed by atoms with Crippen LogP contribution >= 0.6 is 12.2 Å². The lowest BCUT2D eigenvalue weighted by molar-refractivity contribution is -0.0285. The fourth-order valence-electron chi connectivity index (χ4n) is 4.32. The summed E-state index contributed by atoms with van der Waals surface area (Å²) < 4.78 is 29.8. The summed E-state index contributed by atoms with van der Waals surface area (Å²) in [6.45, 7) is 5.54. The Hall–Kier alpha value is -2.95. The maximum Gasteiger partial charge on any atom is 0.257 e. The van der Waals surface area contributed by atoms with Gasteiger partial charge in [-0.05, 0) is 48.6 Å². The van der Waals surface area contributed by atoms with Gasteiger partial charge in [-0.15, -0.1) is 0 Å². The third-order valence-corrected chi connectivity index (χ3v) is 6.64. The summed E-state index contributed by atoms with van der Waals surface area (Å²) in [5.41, 5.74) is 1.30. The van der Waals surface area contributed by atoms with Crippen molar-refractivity contribution in [1.82, 2.24) is 14.7 Å². The van der Waals surface area contributed by atoms with Crippen LogP contribution in [0.5, 0.6) is 11.5 Å². The minimum absolute atomic E-state index is 0.0145. The zero-order valence-electron chi connectivity index (χ0n) is 20.0. The number of rotatable bonds is 6. The first kappa shape index (κ1) is 25.2. The smallest absolute Gasteiger partial charge is 0.257 e. The molecule has 2 saturated heterocycles. The van der Waals surface area contributed by atoms with E-state index in [0.29, 0.717) is 55.0 Å². The molecule has 0 bridgehead atoms. The Morgan fingerprint density at radius 2 is 1.80 bits per heavy atom. The number of morpholine rings is 1. The number of ether oxygens (including phenoxy) is 3. The zero-order chi connectivity index (χ0) is 24.8. The van der Waals surface area contributed by atoms with Gasteiger partial charge < -0.3 is 29.3 Å². The molecular weight excluding hydrogens is 471 g/mol. The standard InChI is InChI=1S/C25H31FN4O4S/c1-32-20-7-8-22(23(15-20)33-2)24(31)29-11-9-28(10-12-29)16-21-17-30(13-14-34-21)25(35)27-19-5-3-18(26)4-6-19/h3-8,15,21H,9-14,16-17H2,1-2H3,(H,27,35)/t21-/m1/s1. The Labute approximate surface area is 210 Å². The minimum Gasteiger partial charge on any atom is -0.497 e. The van der Waals surface area contributed by atoms with Crippen molar-refractivity contribution in [3.05, 3.63) is 53.8 Å². The fourth-order valence-corrected chi connectivity index (χ4v) is 4.60. The highest BCUT2D eigenvalue weighted by Gasteiger charge is 2.28. The predicted octanol–water partition coefficient (Wildman–Crippen LogP) is 2.70. The van der Waals surface area contributed by atoms with Gasteiger partial charge in [0, 0.05) is 57.6 Å². The molecule has 2 aliphatic heterocycles. The highest BCUT2D eigenvalue weighted by Crippen LogP contribution is 2.26. The number of amides is 1. The molecule has 2 aromatic carbocycles.